The molecule has 1 N–H and O–H groups in total. The molecule has 25 heavy (non-hydrogen) atoms. The minimum Gasteiger partial charge on any atom is -0.433 e. The summed E-state index contributed by atoms with van der Waals surface area (Å²) >= 11 is 0. The third-order valence-electron chi connectivity index (χ3n) is 4.95. The van der Waals surface area contributed by atoms with Crippen LogP contribution in [0.25, 0.3) is 0 Å². The molecule has 1 rings (SSSR count). The quantitative estimate of drug-likeness (QED) is 0.200. The Hall–Kier alpha value is -0.610. The Morgan fingerprint density at radius 2 is 1.24 bits per heavy atom. The topological polar surface area (TPSA) is 59.1 Å². The monoisotopic (exact) mass is 356 g/mol. The van der Waals surface area contributed by atoms with Crippen LogP contribution in [0.2, 0.25) is 0 Å². The van der Waals surface area contributed by atoms with Crippen LogP contribution in [0.15, 0.2) is 0 Å². The minimum atomic E-state index is -0.492. The lowest BCUT2D eigenvalue weighted by molar-refractivity contribution is -0.148. The highest BCUT2D eigenvalue weighted by molar-refractivity contribution is 5.69. The number of carbonyl (C=O) groups is 1. The molecule has 0 aromatic heterocycles. The Morgan fingerprint density at radius 3 is 1.64 bits per heavy atom. The molecule has 1 saturated heterocycles. The van der Waals surface area contributed by atoms with Crippen molar-refractivity contribution in [2.45, 2.75) is 122 Å². The number of aliphatic hydroxyl groups excluding tert-OH is 1. The van der Waals surface area contributed by atoms with E-state index >= 15 is 0 Å². The van der Waals surface area contributed by atoms with Gasteiger partial charge in [0, 0.05) is 6.42 Å². The standard InChI is InChI=1S/C21H40O4/c1-2-3-4-5-6-7-8-9-10-11-12-13-14-15-16-17-20(23)25-21-19(18-22)24-21/h19,21-22H,2-18H2,1H3. The molecule has 0 saturated carbocycles. The normalized spacial score (nSPS) is 19.1. The summed E-state index contributed by atoms with van der Waals surface area (Å²) in [5, 5.41) is 8.79. The van der Waals surface area contributed by atoms with Gasteiger partial charge in [-0.2, -0.15) is 0 Å². The number of aliphatic hydroxyl groups is 1. The zero-order valence-electron chi connectivity index (χ0n) is 16.3. The maximum Gasteiger partial charge on any atom is 0.308 e. The number of epoxide rings is 1. The first-order valence-corrected chi connectivity index (χ1v) is 10.7. The summed E-state index contributed by atoms with van der Waals surface area (Å²) in [5.41, 5.74) is 0. The van der Waals surface area contributed by atoms with Crippen LogP contribution in [0, 0.1) is 0 Å². The highest BCUT2D eigenvalue weighted by atomic mass is 16.8. The van der Waals surface area contributed by atoms with Crippen molar-refractivity contribution >= 4 is 5.97 Å². The average molecular weight is 357 g/mol. The number of carbonyl (C=O) groups excluding carboxylic acids is 1. The maximum atomic E-state index is 11.5. The van der Waals surface area contributed by atoms with E-state index in [1.54, 1.807) is 0 Å². The maximum absolute atomic E-state index is 11.5. The summed E-state index contributed by atoms with van der Waals surface area (Å²) in [6.45, 7) is 2.20. The van der Waals surface area contributed by atoms with Gasteiger partial charge in [-0.05, 0) is 6.42 Å². The second kappa shape index (κ2) is 15.6. The molecule has 4 heteroatoms. The first-order valence-electron chi connectivity index (χ1n) is 10.7. The molecule has 1 aliphatic rings. The van der Waals surface area contributed by atoms with Crippen LogP contribution in [0.5, 0.6) is 0 Å². The van der Waals surface area contributed by atoms with Crippen molar-refractivity contribution in [3.05, 3.63) is 0 Å². The number of unbranched alkanes of at least 4 members (excludes halogenated alkanes) is 14. The Balaban J connectivity index is 1.70. The van der Waals surface area contributed by atoms with Gasteiger partial charge in [0.1, 0.15) is 6.10 Å². The van der Waals surface area contributed by atoms with E-state index in [0.29, 0.717) is 6.42 Å². The first kappa shape index (κ1) is 22.4. The second-order valence-electron chi connectivity index (χ2n) is 7.42. The van der Waals surface area contributed by atoms with E-state index in [0.717, 1.165) is 12.8 Å². The molecule has 0 aromatic carbocycles. The number of esters is 1. The van der Waals surface area contributed by atoms with Crippen molar-refractivity contribution in [2.75, 3.05) is 6.61 Å². The fourth-order valence-electron chi connectivity index (χ4n) is 3.19. The van der Waals surface area contributed by atoms with Gasteiger partial charge in [0.2, 0.25) is 6.29 Å². The predicted octanol–water partition coefficient (Wildman–Crippen LogP) is 5.51. The van der Waals surface area contributed by atoms with E-state index < -0.39 is 6.29 Å². The first-order chi connectivity index (χ1) is 12.3. The Morgan fingerprint density at radius 1 is 0.800 bits per heavy atom. The molecule has 2 atom stereocenters. The van der Waals surface area contributed by atoms with Crippen molar-refractivity contribution in [1.29, 1.82) is 0 Å². The fraction of sp³-hybridized carbons (Fsp3) is 0.952. The number of hydrogen-bond donors (Lipinski definition) is 1. The summed E-state index contributed by atoms with van der Waals surface area (Å²) in [7, 11) is 0. The van der Waals surface area contributed by atoms with Gasteiger partial charge in [-0.1, -0.05) is 96.8 Å². The summed E-state index contributed by atoms with van der Waals surface area (Å²) in [6, 6.07) is 0. The van der Waals surface area contributed by atoms with E-state index in [4.69, 9.17) is 14.6 Å². The molecular weight excluding hydrogens is 316 g/mol. The smallest absolute Gasteiger partial charge is 0.308 e. The van der Waals surface area contributed by atoms with Crippen LogP contribution < -0.4 is 0 Å². The largest absolute Gasteiger partial charge is 0.433 e. The van der Waals surface area contributed by atoms with E-state index in [1.165, 1.54) is 83.5 Å². The molecule has 2 unspecified atom stereocenters. The molecule has 0 radical (unpaired) electrons. The summed E-state index contributed by atoms with van der Waals surface area (Å²) in [6.07, 6.45) is 19.5. The molecule has 148 valence electrons. The van der Waals surface area contributed by atoms with Crippen LogP contribution in [-0.2, 0) is 14.3 Å². The van der Waals surface area contributed by atoms with Crippen LogP contribution in [-0.4, -0.2) is 30.1 Å². The fourth-order valence-corrected chi connectivity index (χ4v) is 3.19. The third-order valence-corrected chi connectivity index (χ3v) is 4.95. The SMILES string of the molecule is CCCCCCCCCCCCCCCCCC(=O)OC1OC1CO. The molecule has 4 nitrogen and oxygen atoms in total. The highest BCUT2D eigenvalue weighted by Crippen LogP contribution is 2.23. The minimum absolute atomic E-state index is 0.0725. The van der Waals surface area contributed by atoms with E-state index in [1.807, 2.05) is 0 Å². The second-order valence-corrected chi connectivity index (χ2v) is 7.42. The third kappa shape index (κ3) is 13.3. The average Bonchev–Trinajstić information content (AvgIpc) is 3.36. The zero-order chi connectivity index (χ0) is 18.2. The van der Waals surface area contributed by atoms with Gasteiger partial charge in [0.05, 0.1) is 6.61 Å². The lowest BCUT2D eigenvalue weighted by Gasteiger charge is -2.04. The van der Waals surface area contributed by atoms with Gasteiger partial charge in [0.15, 0.2) is 0 Å². The molecule has 0 aromatic rings. The Bertz CT molecular complexity index is 319. The van der Waals surface area contributed by atoms with Crippen molar-refractivity contribution in [3.8, 4) is 0 Å². The zero-order valence-corrected chi connectivity index (χ0v) is 16.3. The molecule has 0 bridgehead atoms. The lowest BCUT2D eigenvalue weighted by atomic mass is 10.0. The molecule has 1 aliphatic heterocycles. The summed E-state index contributed by atoms with van der Waals surface area (Å²) in [4.78, 5) is 11.5. The van der Waals surface area contributed by atoms with Gasteiger partial charge in [0.25, 0.3) is 0 Å². The number of rotatable bonds is 18. The summed E-state index contributed by atoms with van der Waals surface area (Å²) < 4.78 is 10.0. The van der Waals surface area contributed by atoms with E-state index in [-0.39, 0.29) is 18.7 Å². The van der Waals surface area contributed by atoms with Crippen LogP contribution >= 0.6 is 0 Å². The van der Waals surface area contributed by atoms with Gasteiger partial charge in [-0.15, -0.1) is 0 Å². The van der Waals surface area contributed by atoms with Gasteiger partial charge in [-0.3, -0.25) is 4.79 Å². The highest BCUT2D eigenvalue weighted by Gasteiger charge is 2.41. The van der Waals surface area contributed by atoms with Crippen molar-refractivity contribution < 1.29 is 19.4 Å². The molecule has 0 amide bonds. The van der Waals surface area contributed by atoms with E-state index in [2.05, 4.69) is 6.92 Å². The van der Waals surface area contributed by atoms with Crippen LogP contribution in [0.1, 0.15) is 110 Å². The molecule has 1 fully saturated rings. The van der Waals surface area contributed by atoms with Gasteiger partial charge < -0.3 is 14.6 Å². The summed E-state index contributed by atoms with van der Waals surface area (Å²) in [5.74, 6) is -0.198. The molecule has 0 aliphatic carbocycles. The van der Waals surface area contributed by atoms with Crippen LogP contribution in [0.4, 0.5) is 0 Å². The molecular formula is C21H40O4. The Labute approximate surface area is 154 Å². The predicted molar refractivity (Wildman–Crippen MR) is 101 cm³/mol. The van der Waals surface area contributed by atoms with Crippen molar-refractivity contribution in [1.82, 2.24) is 0 Å². The van der Waals surface area contributed by atoms with Gasteiger partial charge in [-0.25, -0.2) is 0 Å². The van der Waals surface area contributed by atoms with Crippen LogP contribution in [0.3, 0.4) is 0 Å². The van der Waals surface area contributed by atoms with Crippen molar-refractivity contribution in [3.63, 3.8) is 0 Å². The van der Waals surface area contributed by atoms with Crippen molar-refractivity contribution in [2.24, 2.45) is 0 Å². The molecule has 0 spiro atoms. The Kier molecular flexibility index (Phi) is 14.0. The molecule has 1 heterocycles. The number of ether oxygens (including phenoxy) is 2. The number of hydrogen-bond acceptors (Lipinski definition) is 4. The van der Waals surface area contributed by atoms with E-state index in [9.17, 15) is 4.79 Å². The lowest BCUT2D eigenvalue weighted by Crippen LogP contribution is -2.10. The van der Waals surface area contributed by atoms with Gasteiger partial charge >= 0.3 is 5.97 Å².